The molecular formula is C45H37N5+2. The lowest BCUT2D eigenvalue weighted by Gasteiger charge is -2.39. The summed E-state index contributed by atoms with van der Waals surface area (Å²) < 4.78 is 7.13. The van der Waals surface area contributed by atoms with E-state index < -0.39 is 0 Å². The van der Waals surface area contributed by atoms with E-state index in [4.69, 9.17) is 9.65 Å². The van der Waals surface area contributed by atoms with E-state index in [0.29, 0.717) is 5.92 Å². The quantitative estimate of drug-likeness (QED) is 0.191. The number of fused-ring (bicyclic) bond motifs is 10. The van der Waals surface area contributed by atoms with Gasteiger partial charge in [0.05, 0.1) is 28.5 Å². The van der Waals surface area contributed by atoms with Gasteiger partial charge in [-0.15, -0.1) is 0 Å². The fourth-order valence-corrected chi connectivity index (χ4v) is 8.83. The zero-order valence-corrected chi connectivity index (χ0v) is 28.4. The van der Waals surface area contributed by atoms with E-state index >= 15 is 0 Å². The number of para-hydroxylation sites is 2. The highest BCUT2D eigenvalue weighted by Gasteiger charge is 2.49. The molecule has 6 aromatic rings. The third-order valence-electron chi connectivity index (χ3n) is 11.0. The van der Waals surface area contributed by atoms with Gasteiger partial charge in [-0.3, -0.25) is 9.88 Å². The van der Waals surface area contributed by atoms with E-state index in [0.717, 1.165) is 28.3 Å². The molecule has 0 fully saturated rings. The van der Waals surface area contributed by atoms with Crippen LogP contribution in [0, 0.1) is 5.92 Å². The molecule has 2 N–H and O–H groups in total. The van der Waals surface area contributed by atoms with Gasteiger partial charge in [0, 0.05) is 62.5 Å². The number of hydrogen-bond acceptors (Lipinski definition) is 2. The highest BCUT2D eigenvalue weighted by atomic mass is 15.2. The normalized spacial score (nSPS) is 20.4. The molecular weight excluding hydrogens is 611 g/mol. The second-order valence-corrected chi connectivity index (χ2v) is 14.2. The van der Waals surface area contributed by atoms with Crippen LogP contribution in [0.4, 0.5) is 11.4 Å². The summed E-state index contributed by atoms with van der Waals surface area (Å²) in [6.45, 7) is 6.92. The largest absolute Gasteiger partial charge is 0.352 e. The minimum Gasteiger partial charge on any atom is -0.330 e. The van der Waals surface area contributed by atoms with Gasteiger partial charge in [-0.2, -0.15) is 0 Å². The molecule has 0 radical (unpaired) electrons. The van der Waals surface area contributed by atoms with Gasteiger partial charge in [0.25, 0.3) is 6.21 Å². The lowest BCUT2D eigenvalue weighted by Crippen LogP contribution is -2.73. The van der Waals surface area contributed by atoms with E-state index in [-0.39, 0.29) is 11.5 Å². The predicted octanol–water partition coefficient (Wildman–Crippen LogP) is 8.41. The van der Waals surface area contributed by atoms with Gasteiger partial charge < -0.3 is 4.90 Å². The number of aromatic nitrogens is 2. The van der Waals surface area contributed by atoms with Crippen LogP contribution >= 0.6 is 0 Å². The average Bonchev–Trinajstić information content (AvgIpc) is 3.96. The smallest absolute Gasteiger partial charge is 0.330 e. The molecule has 3 aliphatic heterocycles. The molecule has 4 aromatic carbocycles. The van der Waals surface area contributed by atoms with Crippen LogP contribution in [0.5, 0.6) is 0 Å². The maximum atomic E-state index is 5.43. The molecule has 2 unspecified atom stereocenters. The second-order valence-electron chi connectivity index (χ2n) is 14.2. The molecule has 240 valence electrons. The number of hydrogen-bond donors (Lipinski definition) is 1. The van der Waals surface area contributed by atoms with Gasteiger partial charge in [-0.05, 0) is 48.7 Å². The Morgan fingerprint density at radius 2 is 1.62 bits per heavy atom. The van der Waals surface area contributed by atoms with Gasteiger partial charge in [0.1, 0.15) is 11.5 Å². The number of nitrogens with two attached hydrogens (primary N) is 1. The summed E-state index contributed by atoms with van der Waals surface area (Å²) in [5.41, 5.74) is 11.4. The predicted molar refractivity (Wildman–Crippen MR) is 208 cm³/mol. The topological polar surface area (TPSA) is 51.8 Å². The molecule has 1 aliphatic carbocycles. The summed E-state index contributed by atoms with van der Waals surface area (Å²) in [5.74, 6) is 1.44. The fraction of sp³-hybridized carbons (Fsp3) is 0.133. The highest BCUT2D eigenvalue weighted by Crippen LogP contribution is 2.60. The number of nitrogens with zero attached hydrogens (tertiary/aromatic N) is 4. The molecule has 2 aromatic heterocycles. The Bertz CT molecular complexity index is 2660. The Balaban J connectivity index is 1.36. The Morgan fingerprint density at radius 1 is 0.840 bits per heavy atom. The van der Waals surface area contributed by atoms with Crippen LogP contribution in [0.2, 0.25) is 0 Å². The molecule has 10 rings (SSSR count). The SMILES string of the molecule is CC(C)C1=C(c2cc(C3=[N+]=CC=C3)nc(-n3c4ccccc4c4c5c(c6ccccc6c43)N(c3ccccc3)C3(C)C=CC=CC53)c2)[NH2+]C=C1. The van der Waals surface area contributed by atoms with Crippen LogP contribution in [0.25, 0.3) is 44.1 Å². The number of quaternary nitrogens is 1. The van der Waals surface area contributed by atoms with E-state index in [2.05, 4.69) is 169 Å². The molecule has 0 saturated heterocycles. The number of rotatable bonds is 5. The number of benzene rings is 4. The van der Waals surface area contributed by atoms with Gasteiger partial charge in [-0.25, -0.2) is 4.98 Å². The Hall–Kier alpha value is -6.00. The summed E-state index contributed by atoms with van der Waals surface area (Å²) in [4.78, 5) is 8.01. The lowest BCUT2D eigenvalue weighted by molar-refractivity contribution is -0.483. The van der Waals surface area contributed by atoms with Crippen molar-refractivity contribution in [1.29, 1.82) is 0 Å². The van der Waals surface area contributed by atoms with Gasteiger partial charge in [0.2, 0.25) is 0 Å². The fourth-order valence-electron chi connectivity index (χ4n) is 8.83. The van der Waals surface area contributed by atoms with Crippen LogP contribution in [0.1, 0.15) is 43.5 Å². The molecule has 5 heterocycles. The van der Waals surface area contributed by atoms with Gasteiger partial charge in [0.15, 0.2) is 5.69 Å². The van der Waals surface area contributed by atoms with Crippen LogP contribution in [0.15, 0.2) is 145 Å². The first kappa shape index (κ1) is 29.0. The third kappa shape index (κ3) is 3.99. The Morgan fingerprint density at radius 3 is 2.42 bits per heavy atom. The maximum absolute atomic E-state index is 5.43. The minimum absolute atomic E-state index is 0.148. The zero-order valence-electron chi connectivity index (χ0n) is 28.4. The van der Waals surface area contributed by atoms with Crippen molar-refractivity contribution >= 4 is 61.6 Å². The first-order valence-electron chi connectivity index (χ1n) is 17.6. The van der Waals surface area contributed by atoms with E-state index in [1.54, 1.807) is 0 Å². The average molecular weight is 648 g/mol. The molecule has 0 saturated carbocycles. The molecule has 5 heteroatoms. The monoisotopic (exact) mass is 647 g/mol. The molecule has 50 heavy (non-hydrogen) atoms. The van der Waals surface area contributed by atoms with Crippen molar-refractivity contribution in [2.24, 2.45) is 5.92 Å². The van der Waals surface area contributed by atoms with Crippen LogP contribution in [-0.2, 0) is 0 Å². The second kappa shape index (κ2) is 10.8. The van der Waals surface area contributed by atoms with Crippen molar-refractivity contribution in [3.8, 4) is 5.82 Å². The van der Waals surface area contributed by atoms with Crippen molar-refractivity contribution in [1.82, 2.24) is 14.2 Å². The standard InChI is InChI=1S/C45H36N5/c1-28(2)31-22-25-47-42(31)29-26-37(36-20-13-24-46-36)48-39(27-29)49-38-21-10-9-18-34(38)40-41-35-19-11-12-23-45(35,3)50(30-14-5-4-6-15-30)44(41)33-17-8-7-16-32(33)43(40)49/h4-28,35,47H,1-3H3/q+1/p+1. The van der Waals surface area contributed by atoms with Crippen molar-refractivity contribution in [3.05, 3.63) is 162 Å². The molecule has 0 spiro atoms. The molecule has 5 nitrogen and oxygen atoms in total. The number of allylic oxidation sites excluding steroid dienone is 6. The highest BCUT2D eigenvalue weighted by molar-refractivity contribution is 6.25. The molecule has 0 bridgehead atoms. The summed E-state index contributed by atoms with van der Waals surface area (Å²) >= 11 is 0. The zero-order chi connectivity index (χ0) is 33.6. The van der Waals surface area contributed by atoms with Crippen LogP contribution < -0.4 is 14.9 Å². The summed E-state index contributed by atoms with van der Waals surface area (Å²) in [7, 11) is 0. The maximum Gasteiger partial charge on any atom is 0.352 e. The Labute approximate surface area is 291 Å². The minimum atomic E-state index is -0.279. The van der Waals surface area contributed by atoms with E-state index in [1.807, 2.05) is 12.3 Å². The van der Waals surface area contributed by atoms with Crippen molar-refractivity contribution in [2.45, 2.75) is 32.2 Å². The van der Waals surface area contributed by atoms with Crippen LogP contribution in [-0.4, -0.2) is 27.0 Å². The van der Waals surface area contributed by atoms with E-state index in [9.17, 15) is 0 Å². The third-order valence-corrected chi connectivity index (χ3v) is 11.0. The van der Waals surface area contributed by atoms with Gasteiger partial charge in [-0.1, -0.05) is 103 Å². The lowest BCUT2D eigenvalue weighted by atomic mass is 9.79. The summed E-state index contributed by atoms with van der Waals surface area (Å²) in [6.07, 6.45) is 19.5. The van der Waals surface area contributed by atoms with Crippen molar-refractivity contribution < 1.29 is 5.32 Å². The van der Waals surface area contributed by atoms with Crippen molar-refractivity contribution in [2.75, 3.05) is 4.90 Å². The van der Waals surface area contributed by atoms with Crippen LogP contribution in [0.3, 0.4) is 0 Å². The van der Waals surface area contributed by atoms with Gasteiger partial charge >= 0.3 is 5.71 Å². The van der Waals surface area contributed by atoms with E-state index in [1.165, 1.54) is 55.3 Å². The molecule has 4 aliphatic rings. The number of pyridine rings is 1. The summed E-state index contributed by atoms with van der Waals surface area (Å²) in [6, 6.07) is 33.2. The first-order chi connectivity index (χ1) is 24.5. The number of anilines is 2. The Kier molecular flexibility index (Phi) is 6.23. The first-order valence-corrected chi connectivity index (χ1v) is 17.6. The summed E-state index contributed by atoms with van der Waals surface area (Å²) in [5, 5.41) is 7.23. The van der Waals surface area contributed by atoms with Crippen molar-refractivity contribution in [3.63, 3.8) is 0 Å². The molecule has 2 atom stereocenters. The molecule has 0 amide bonds.